The highest BCUT2D eigenvalue weighted by Gasteiger charge is 2.21. The zero-order valence-electron chi connectivity index (χ0n) is 10.4. The molecule has 2 heteroatoms. The highest BCUT2D eigenvalue weighted by molar-refractivity contribution is 4.74. The zero-order chi connectivity index (χ0) is 11.1. The SMILES string of the molecule is CC1CCN(CCCCCCO)CC1C. The third-order valence-corrected chi connectivity index (χ3v) is 3.80. The van der Waals surface area contributed by atoms with E-state index in [2.05, 4.69) is 18.7 Å². The van der Waals surface area contributed by atoms with E-state index >= 15 is 0 Å². The van der Waals surface area contributed by atoms with Gasteiger partial charge in [-0.1, -0.05) is 26.7 Å². The van der Waals surface area contributed by atoms with Gasteiger partial charge >= 0.3 is 0 Å². The Hall–Kier alpha value is -0.0800. The summed E-state index contributed by atoms with van der Waals surface area (Å²) in [6.45, 7) is 8.97. The first-order valence-corrected chi connectivity index (χ1v) is 6.57. The molecule has 0 aromatic heterocycles. The molecule has 0 spiro atoms. The number of rotatable bonds is 6. The van der Waals surface area contributed by atoms with E-state index in [9.17, 15) is 0 Å². The number of piperidine rings is 1. The Morgan fingerprint density at radius 1 is 1.07 bits per heavy atom. The van der Waals surface area contributed by atoms with E-state index in [1.807, 2.05) is 0 Å². The number of hydrogen-bond donors (Lipinski definition) is 1. The lowest BCUT2D eigenvalue weighted by atomic mass is 9.88. The van der Waals surface area contributed by atoms with Gasteiger partial charge in [-0.05, 0) is 44.2 Å². The molecule has 1 saturated heterocycles. The predicted molar refractivity (Wildman–Crippen MR) is 64.9 cm³/mol. The molecule has 1 N–H and O–H groups in total. The van der Waals surface area contributed by atoms with Crippen LogP contribution in [0.3, 0.4) is 0 Å². The van der Waals surface area contributed by atoms with Gasteiger partial charge in [0.05, 0.1) is 0 Å². The Kier molecular flexibility index (Phi) is 6.26. The van der Waals surface area contributed by atoms with Crippen LogP contribution < -0.4 is 0 Å². The van der Waals surface area contributed by atoms with Crippen molar-refractivity contribution >= 4 is 0 Å². The fraction of sp³-hybridized carbons (Fsp3) is 1.00. The van der Waals surface area contributed by atoms with E-state index < -0.39 is 0 Å². The van der Waals surface area contributed by atoms with Crippen LogP contribution in [-0.2, 0) is 0 Å². The molecule has 2 atom stereocenters. The monoisotopic (exact) mass is 213 g/mol. The van der Waals surface area contributed by atoms with Crippen LogP contribution in [0, 0.1) is 11.8 Å². The largest absolute Gasteiger partial charge is 0.396 e. The van der Waals surface area contributed by atoms with Gasteiger partial charge in [-0.25, -0.2) is 0 Å². The third kappa shape index (κ3) is 4.98. The van der Waals surface area contributed by atoms with E-state index in [0.29, 0.717) is 6.61 Å². The van der Waals surface area contributed by atoms with Crippen LogP contribution >= 0.6 is 0 Å². The Morgan fingerprint density at radius 2 is 1.80 bits per heavy atom. The minimum atomic E-state index is 0.359. The summed E-state index contributed by atoms with van der Waals surface area (Å²) in [4.78, 5) is 2.61. The highest BCUT2D eigenvalue weighted by Crippen LogP contribution is 2.22. The van der Waals surface area contributed by atoms with Gasteiger partial charge in [-0.15, -0.1) is 0 Å². The minimum Gasteiger partial charge on any atom is -0.396 e. The predicted octanol–water partition coefficient (Wildman–Crippen LogP) is 2.52. The van der Waals surface area contributed by atoms with Crippen LogP contribution in [0.4, 0.5) is 0 Å². The maximum atomic E-state index is 8.67. The van der Waals surface area contributed by atoms with Crippen LogP contribution in [0.25, 0.3) is 0 Å². The summed E-state index contributed by atoms with van der Waals surface area (Å²) in [6, 6.07) is 0. The van der Waals surface area contributed by atoms with Gasteiger partial charge in [-0.2, -0.15) is 0 Å². The summed E-state index contributed by atoms with van der Waals surface area (Å²) in [7, 11) is 0. The van der Waals surface area contributed by atoms with E-state index in [1.54, 1.807) is 0 Å². The number of likely N-dealkylation sites (tertiary alicyclic amines) is 1. The van der Waals surface area contributed by atoms with Crippen molar-refractivity contribution in [1.82, 2.24) is 4.90 Å². The maximum Gasteiger partial charge on any atom is 0.0431 e. The van der Waals surface area contributed by atoms with E-state index in [1.165, 1.54) is 45.3 Å². The fourth-order valence-electron chi connectivity index (χ4n) is 2.35. The highest BCUT2D eigenvalue weighted by atomic mass is 16.2. The summed E-state index contributed by atoms with van der Waals surface area (Å²) in [6.07, 6.45) is 6.13. The summed E-state index contributed by atoms with van der Waals surface area (Å²) in [5.74, 6) is 1.78. The molecular formula is C13H27NO. The second kappa shape index (κ2) is 7.24. The van der Waals surface area contributed by atoms with Gasteiger partial charge in [-0.3, -0.25) is 0 Å². The second-order valence-corrected chi connectivity index (χ2v) is 5.18. The molecule has 0 radical (unpaired) electrons. The quantitative estimate of drug-likeness (QED) is 0.685. The second-order valence-electron chi connectivity index (χ2n) is 5.18. The van der Waals surface area contributed by atoms with Crippen molar-refractivity contribution in [3.63, 3.8) is 0 Å². The molecule has 0 aromatic rings. The topological polar surface area (TPSA) is 23.5 Å². The smallest absolute Gasteiger partial charge is 0.0431 e. The van der Waals surface area contributed by atoms with Crippen LogP contribution in [0.5, 0.6) is 0 Å². The van der Waals surface area contributed by atoms with Gasteiger partial charge in [0.2, 0.25) is 0 Å². The lowest BCUT2D eigenvalue weighted by Crippen LogP contribution is -2.38. The van der Waals surface area contributed by atoms with E-state index in [-0.39, 0.29) is 0 Å². The number of aliphatic hydroxyl groups is 1. The molecule has 0 aliphatic carbocycles. The van der Waals surface area contributed by atoms with E-state index in [0.717, 1.165) is 18.3 Å². The Bertz CT molecular complexity index is 161. The molecule has 1 aliphatic rings. The van der Waals surface area contributed by atoms with Crippen molar-refractivity contribution < 1.29 is 5.11 Å². The number of unbranched alkanes of at least 4 members (excludes halogenated alkanes) is 3. The molecular weight excluding hydrogens is 186 g/mol. The molecule has 0 amide bonds. The van der Waals surface area contributed by atoms with Crippen molar-refractivity contribution in [3.8, 4) is 0 Å². The first-order valence-electron chi connectivity index (χ1n) is 6.57. The molecule has 0 saturated carbocycles. The van der Waals surface area contributed by atoms with Gasteiger partial charge in [0, 0.05) is 13.2 Å². The molecule has 1 aliphatic heterocycles. The van der Waals surface area contributed by atoms with Crippen molar-refractivity contribution in [2.75, 3.05) is 26.2 Å². The molecule has 1 rings (SSSR count). The van der Waals surface area contributed by atoms with Crippen LogP contribution in [-0.4, -0.2) is 36.2 Å². The van der Waals surface area contributed by atoms with Crippen LogP contribution in [0.15, 0.2) is 0 Å². The van der Waals surface area contributed by atoms with Crippen molar-refractivity contribution in [3.05, 3.63) is 0 Å². The van der Waals surface area contributed by atoms with Gasteiger partial charge < -0.3 is 10.0 Å². The number of hydrogen-bond acceptors (Lipinski definition) is 2. The Labute approximate surface area is 94.7 Å². The van der Waals surface area contributed by atoms with Crippen molar-refractivity contribution in [2.45, 2.75) is 46.0 Å². The molecule has 0 bridgehead atoms. The standard InChI is InChI=1S/C13H27NO/c1-12-7-9-14(11-13(12)2)8-5-3-4-6-10-15/h12-13,15H,3-11H2,1-2H3. The lowest BCUT2D eigenvalue weighted by Gasteiger charge is -2.35. The molecule has 90 valence electrons. The lowest BCUT2D eigenvalue weighted by molar-refractivity contribution is 0.136. The minimum absolute atomic E-state index is 0.359. The number of nitrogens with zero attached hydrogens (tertiary/aromatic N) is 1. The van der Waals surface area contributed by atoms with Gasteiger partial charge in [0.15, 0.2) is 0 Å². The Balaban J connectivity index is 2.02. The summed E-state index contributed by atoms with van der Waals surface area (Å²) in [5, 5.41) is 8.67. The third-order valence-electron chi connectivity index (χ3n) is 3.80. The van der Waals surface area contributed by atoms with Crippen molar-refractivity contribution in [2.24, 2.45) is 11.8 Å². The summed E-state index contributed by atoms with van der Waals surface area (Å²) < 4.78 is 0. The summed E-state index contributed by atoms with van der Waals surface area (Å²) in [5.41, 5.74) is 0. The molecule has 2 unspecified atom stereocenters. The van der Waals surface area contributed by atoms with Crippen LogP contribution in [0.1, 0.15) is 46.0 Å². The molecule has 1 fully saturated rings. The first-order chi connectivity index (χ1) is 7.24. The molecule has 0 aromatic carbocycles. The fourth-order valence-corrected chi connectivity index (χ4v) is 2.35. The van der Waals surface area contributed by atoms with Crippen LogP contribution in [0.2, 0.25) is 0 Å². The molecule has 1 heterocycles. The van der Waals surface area contributed by atoms with E-state index in [4.69, 9.17) is 5.11 Å². The normalized spacial score (nSPS) is 28.2. The average Bonchev–Trinajstić information content (AvgIpc) is 2.23. The summed E-state index contributed by atoms with van der Waals surface area (Å²) >= 11 is 0. The van der Waals surface area contributed by atoms with Gasteiger partial charge in [0.1, 0.15) is 0 Å². The van der Waals surface area contributed by atoms with Gasteiger partial charge in [0.25, 0.3) is 0 Å². The maximum absolute atomic E-state index is 8.67. The molecule has 2 nitrogen and oxygen atoms in total. The average molecular weight is 213 g/mol. The van der Waals surface area contributed by atoms with Crippen molar-refractivity contribution in [1.29, 1.82) is 0 Å². The first kappa shape index (κ1) is 13.0. The zero-order valence-corrected chi connectivity index (χ0v) is 10.4. The molecule has 15 heavy (non-hydrogen) atoms. The number of aliphatic hydroxyl groups excluding tert-OH is 1. The Morgan fingerprint density at radius 3 is 2.47 bits per heavy atom.